The molecule has 0 bridgehead atoms. The molecule has 0 spiro atoms. The fourth-order valence-electron chi connectivity index (χ4n) is 2.02. The first-order valence-electron chi connectivity index (χ1n) is 7.24. The van der Waals surface area contributed by atoms with Crippen LogP contribution in [0.5, 0.6) is 5.75 Å². The summed E-state index contributed by atoms with van der Waals surface area (Å²) < 4.78 is 5.17. The van der Waals surface area contributed by atoms with Crippen LogP contribution in [0, 0.1) is 0 Å². The van der Waals surface area contributed by atoms with Crippen LogP contribution in [0.4, 0.5) is 5.69 Å². The zero-order valence-electron chi connectivity index (χ0n) is 13.6. The summed E-state index contributed by atoms with van der Waals surface area (Å²) in [4.78, 5) is 0. The number of amidine groups is 1. The number of ether oxygens (including phenoxy) is 1. The Bertz CT molecular complexity index is 655. The van der Waals surface area contributed by atoms with Crippen LogP contribution in [0.1, 0.15) is 31.9 Å². The van der Waals surface area contributed by atoms with E-state index in [2.05, 4.69) is 43.4 Å². The molecule has 0 aliphatic carbocycles. The van der Waals surface area contributed by atoms with Crippen LogP contribution in [0.25, 0.3) is 0 Å². The predicted molar refractivity (Wildman–Crippen MR) is 92.5 cm³/mol. The van der Waals surface area contributed by atoms with Crippen molar-refractivity contribution in [3.8, 4) is 5.75 Å². The van der Waals surface area contributed by atoms with Gasteiger partial charge in [0.15, 0.2) is 5.84 Å². The van der Waals surface area contributed by atoms with Gasteiger partial charge in [-0.25, -0.2) is 0 Å². The van der Waals surface area contributed by atoms with Crippen molar-refractivity contribution in [1.29, 1.82) is 0 Å². The van der Waals surface area contributed by atoms with Crippen LogP contribution >= 0.6 is 0 Å². The Kier molecular flexibility index (Phi) is 4.71. The molecule has 2 rings (SSSR count). The molecule has 0 heterocycles. The van der Waals surface area contributed by atoms with Crippen molar-refractivity contribution < 1.29 is 4.74 Å². The lowest BCUT2D eigenvalue weighted by molar-refractivity contribution is 0.415. The summed E-state index contributed by atoms with van der Waals surface area (Å²) in [5, 5.41) is 4.22. The molecule has 0 amide bonds. The maximum absolute atomic E-state index is 6.03. The largest absolute Gasteiger partial charge is 0.497 e. The molecule has 0 unspecified atom stereocenters. The Morgan fingerprint density at radius 2 is 1.77 bits per heavy atom. The van der Waals surface area contributed by atoms with Gasteiger partial charge in [-0.3, -0.25) is 5.43 Å². The smallest absolute Gasteiger partial charge is 0.150 e. The van der Waals surface area contributed by atoms with E-state index in [9.17, 15) is 0 Å². The highest BCUT2D eigenvalue weighted by Crippen LogP contribution is 2.22. The van der Waals surface area contributed by atoms with E-state index in [-0.39, 0.29) is 5.41 Å². The molecular weight excluding hydrogens is 274 g/mol. The summed E-state index contributed by atoms with van der Waals surface area (Å²) in [5.41, 5.74) is 12.1. The van der Waals surface area contributed by atoms with Gasteiger partial charge in [0.2, 0.25) is 0 Å². The van der Waals surface area contributed by atoms with E-state index >= 15 is 0 Å². The summed E-state index contributed by atoms with van der Waals surface area (Å²) in [6, 6.07) is 15.7. The Labute approximate surface area is 132 Å². The van der Waals surface area contributed by atoms with Gasteiger partial charge in [-0.15, -0.1) is 0 Å². The molecular formula is C18H23N3O. The van der Waals surface area contributed by atoms with E-state index < -0.39 is 0 Å². The van der Waals surface area contributed by atoms with Gasteiger partial charge in [0.1, 0.15) is 5.75 Å². The van der Waals surface area contributed by atoms with Crippen molar-refractivity contribution in [3.63, 3.8) is 0 Å². The number of hydrazone groups is 1. The van der Waals surface area contributed by atoms with Gasteiger partial charge >= 0.3 is 0 Å². The fourth-order valence-corrected chi connectivity index (χ4v) is 2.02. The molecule has 3 N–H and O–H groups in total. The van der Waals surface area contributed by atoms with Crippen molar-refractivity contribution in [1.82, 2.24) is 0 Å². The molecule has 0 radical (unpaired) electrons. The summed E-state index contributed by atoms with van der Waals surface area (Å²) >= 11 is 0. The zero-order chi connectivity index (χ0) is 16.2. The highest BCUT2D eigenvalue weighted by atomic mass is 16.5. The molecule has 2 aromatic carbocycles. The van der Waals surface area contributed by atoms with Crippen LogP contribution in [0.3, 0.4) is 0 Å². The second-order valence-corrected chi connectivity index (χ2v) is 6.17. The van der Waals surface area contributed by atoms with Gasteiger partial charge in [0.05, 0.1) is 12.8 Å². The topological polar surface area (TPSA) is 59.6 Å². The lowest BCUT2D eigenvalue weighted by Gasteiger charge is -2.19. The predicted octanol–water partition coefficient (Wildman–Crippen LogP) is 3.73. The SMILES string of the molecule is COc1cccc(NN=C(N)c2ccc(C(C)(C)C)cc2)c1. The molecule has 0 atom stereocenters. The minimum absolute atomic E-state index is 0.128. The van der Waals surface area contributed by atoms with E-state index in [0.717, 1.165) is 17.0 Å². The van der Waals surface area contributed by atoms with Crippen molar-refractivity contribution in [2.75, 3.05) is 12.5 Å². The molecule has 2 aromatic rings. The van der Waals surface area contributed by atoms with E-state index in [4.69, 9.17) is 10.5 Å². The van der Waals surface area contributed by atoms with Crippen molar-refractivity contribution >= 4 is 11.5 Å². The van der Waals surface area contributed by atoms with Crippen molar-refractivity contribution in [2.24, 2.45) is 10.8 Å². The third kappa shape index (κ3) is 4.01. The molecule has 0 aromatic heterocycles. The number of nitrogens with one attached hydrogen (secondary N) is 1. The number of methoxy groups -OCH3 is 1. The molecule has 0 fully saturated rings. The number of rotatable bonds is 4. The highest BCUT2D eigenvalue weighted by Gasteiger charge is 2.13. The minimum atomic E-state index is 0.128. The molecule has 4 nitrogen and oxygen atoms in total. The first kappa shape index (κ1) is 15.9. The molecule has 0 aliphatic rings. The molecule has 0 saturated heterocycles. The van der Waals surface area contributed by atoms with E-state index in [1.807, 2.05) is 36.4 Å². The number of benzene rings is 2. The maximum Gasteiger partial charge on any atom is 0.150 e. The van der Waals surface area contributed by atoms with Crippen molar-refractivity contribution in [2.45, 2.75) is 26.2 Å². The van der Waals surface area contributed by atoms with Crippen LogP contribution in [-0.4, -0.2) is 12.9 Å². The quantitative estimate of drug-likeness (QED) is 0.513. The summed E-state index contributed by atoms with van der Waals surface area (Å²) in [6.45, 7) is 6.55. The fraction of sp³-hybridized carbons (Fsp3) is 0.278. The van der Waals surface area contributed by atoms with Gasteiger partial charge in [-0.2, -0.15) is 5.10 Å². The molecule has 0 saturated carbocycles. The maximum atomic E-state index is 6.03. The first-order chi connectivity index (χ1) is 10.4. The Balaban J connectivity index is 2.11. The average molecular weight is 297 g/mol. The lowest BCUT2D eigenvalue weighted by atomic mass is 9.87. The standard InChI is InChI=1S/C18H23N3O/c1-18(2,3)14-10-8-13(9-11-14)17(19)21-20-15-6-5-7-16(12-15)22-4/h5-12,20H,1-4H3,(H2,19,21). The van der Waals surface area contributed by atoms with Gasteiger partial charge in [-0.1, -0.05) is 51.1 Å². The van der Waals surface area contributed by atoms with Crippen LogP contribution < -0.4 is 15.9 Å². The average Bonchev–Trinajstić information content (AvgIpc) is 2.52. The monoisotopic (exact) mass is 297 g/mol. The third-order valence-electron chi connectivity index (χ3n) is 3.42. The minimum Gasteiger partial charge on any atom is -0.497 e. The van der Waals surface area contributed by atoms with Gasteiger partial charge in [-0.05, 0) is 23.1 Å². The van der Waals surface area contributed by atoms with Crippen LogP contribution in [-0.2, 0) is 5.41 Å². The molecule has 4 heteroatoms. The number of hydrogen-bond donors (Lipinski definition) is 2. The summed E-state index contributed by atoms with van der Waals surface area (Å²) in [6.07, 6.45) is 0. The third-order valence-corrected chi connectivity index (χ3v) is 3.42. The summed E-state index contributed by atoms with van der Waals surface area (Å²) in [7, 11) is 1.63. The van der Waals surface area contributed by atoms with Gasteiger partial charge in [0.25, 0.3) is 0 Å². The molecule has 22 heavy (non-hydrogen) atoms. The second-order valence-electron chi connectivity index (χ2n) is 6.17. The first-order valence-corrected chi connectivity index (χ1v) is 7.24. The van der Waals surface area contributed by atoms with Crippen LogP contribution in [0.2, 0.25) is 0 Å². The van der Waals surface area contributed by atoms with Gasteiger partial charge < -0.3 is 10.5 Å². The molecule has 0 aliphatic heterocycles. The number of nitrogens with two attached hydrogens (primary N) is 1. The van der Waals surface area contributed by atoms with E-state index in [1.165, 1.54) is 5.56 Å². The van der Waals surface area contributed by atoms with Crippen molar-refractivity contribution in [3.05, 3.63) is 59.7 Å². The molecule has 116 valence electrons. The normalized spacial score (nSPS) is 12.1. The number of hydrogen-bond acceptors (Lipinski definition) is 3. The van der Waals surface area contributed by atoms with E-state index in [0.29, 0.717) is 5.84 Å². The number of nitrogens with zero attached hydrogens (tertiary/aromatic N) is 1. The highest BCUT2D eigenvalue weighted by molar-refractivity contribution is 5.97. The number of anilines is 1. The Morgan fingerprint density at radius 3 is 2.36 bits per heavy atom. The van der Waals surface area contributed by atoms with Crippen LogP contribution in [0.15, 0.2) is 53.6 Å². The lowest BCUT2D eigenvalue weighted by Crippen LogP contribution is -2.16. The summed E-state index contributed by atoms with van der Waals surface area (Å²) in [5.74, 6) is 1.22. The Morgan fingerprint density at radius 1 is 1.09 bits per heavy atom. The zero-order valence-corrected chi connectivity index (χ0v) is 13.6. The van der Waals surface area contributed by atoms with E-state index in [1.54, 1.807) is 7.11 Å². The second kappa shape index (κ2) is 6.52. The Hall–Kier alpha value is -2.49. The van der Waals surface area contributed by atoms with Gasteiger partial charge in [0, 0.05) is 11.6 Å².